The molecule has 1 fully saturated rings. The van der Waals surface area contributed by atoms with Crippen molar-refractivity contribution in [3.8, 4) is 0 Å². The van der Waals surface area contributed by atoms with Gasteiger partial charge in [0.1, 0.15) is 11.9 Å². The second-order valence-electron chi connectivity index (χ2n) is 6.52. The Morgan fingerprint density at radius 2 is 2.22 bits per heavy atom. The molecular formula is C18H19FN4O3S. The Bertz CT molecular complexity index is 885. The van der Waals surface area contributed by atoms with E-state index in [1.807, 2.05) is 17.0 Å². The lowest BCUT2D eigenvalue weighted by atomic mass is 10.2. The molecule has 1 amide bonds. The molecule has 0 saturated carbocycles. The Morgan fingerprint density at radius 3 is 2.96 bits per heavy atom. The molecular weight excluding hydrogens is 371 g/mol. The summed E-state index contributed by atoms with van der Waals surface area (Å²) in [5.74, 6) is -0.399. The molecule has 27 heavy (non-hydrogen) atoms. The van der Waals surface area contributed by atoms with Crippen LogP contribution in [0, 0.1) is 5.82 Å². The highest BCUT2D eigenvalue weighted by molar-refractivity contribution is 7.82. The van der Waals surface area contributed by atoms with Gasteiger partial charge in [-0.15, -0.1) is 0 Å². The second-order valence-corrected chi connectivity index (χ2v) is 7.72. The predicted octanol–water partition coefficient (Wildman–Crippen LogP) is 1.95. The molecule has 3 heterocycles. The fourth-order valence-electron chi connectivity index (χ4n) is 3.34. The van der Waals surface area contributed by atoms with Crippen LogP contribution < -0.4 is 14.5 Å². The molecule has 2 aliphatic rings. The third-order valence-electron chi connectivity index (χ3n) is 4.66. The summed E-state index contributed by atoms with van der Waals surface area (Å²) >= 11 is 0. The maximum atomic E-state index is 14.8. The third-order valence-corrected chi connectivity index (χ3v) is 5.23. The molecule has 0 radical (unpaired) electrons. The van der Waals surface area contributed by atoms with Gasteiger partial charge >= 0.3 is 6.09 Å². The van der Waals surface area contributed by atoms with Crippen LogP contribution in [0.4, 0.5) is 20.6 Å². The van der Waals surface area contributed by atoms with E-state index in [0.717, 1.165) is 11.3 Å². The molecule has 1 N–H and O–H groups in total. The maximum absolute atomic E-state index is 14.8. The molecule has 0 aliphatic carbocycles. The average Bonchev–Trinajstić information content (AvgIpc) is 3.23. The SMILES string of the molecule is CS(=O)NCC1CN(c2ccc(N3Cc4cccnc4C3)c(F)c2)C(=O)O1. The van der Waals surface area contributed by atoms with Crippen molar-refractivity contribution in [2.45, 2.75) is 19.2 Å². The number of amides is 1. The normalized spacial score (nSPS) is 19.9. The molecule has 9 heteroatoms. The van der Waals surface area contributed by atoms with Gasteiger partial charge in [0, 0.05) is 25.5 Å². The Labute approximate surface area is 158 Å². The van der Waals surface area contributed by atoms with E-state index in [9.17, 15) is 13.4 Å². The summed E-state index contributed by atoms with van der Waals surface area (Å²) < 4.78 is 33.8. The number of cyclic esters (lactones) is 1. The number of carbonyl (C=O) groups is 1. The minimum Gasteiger partial charge on any atom is -0.443 e. The number of pyridine rings is 1. The Kier molecular flexibility index (Phi) is 4.79. The van der Waals surface area contributed by atoms with Crippen molar-refractivity contribution >= 4 is 28.5 Å². The molecule has 0 spiro atoms. The van der Waals surface area contributed by atoms with Crippen molar-refractivity contribution in [2.24, 2.45) is 0 Å². The van der Waals surface area contributed by atoms with Crippen molar-refractivity contribution in [3.63, 3.8) is 0 Å². The Hall–Kier alpha value is -2.52. The Balaban J connectivity index is 1.48. The van der Waals surface area contributed by atoms with E-state index in [-0.39, 0.29) is 13.1 Å². The highest BCUT2D eigenvalue weighted by Gasteiger charge is 2.33. The number of benzene rings is 1. The number of fused-ring (bicyclic) bond motifs is 1. The number of rotatable bonds is 5. The maximum Gasteiger partial charge on any atom is 0.414 e. The van der Waals surface area contributed by atoms with Crippen LogP contribution in [0.5, 0.6) is 0 Å². The van der Waals surface area contributed by atoms with Crippen molar-refractivity contribution < 1.29 is 18.1 Å². The van der Waals surface area contributed by atoms with Crippen LogP contribution in [-0.2, 0) is 28.8 Å². The predicted molar refractivity (Wildman–Crippen MR) is 100 cm³/mol. The number of anilines is 2. The number of ether oxygens (including phenoxy) is 1. The van der Waals surface area contributed by atoms with Gasteiger partial charge in [0.05, 0.1) is 41.1 Å². The molecule has 1 aromatic heterocycles. The monoisotopic (exact) mass is 390 g/mol. The summed E-state index contributed by atoms with van der Waals surface area (Å²) in [6, 6.07) is 8.60. The largest absolute Gasteiger partial charge is 0.443 e. The highest BCUT2D eigenvalue weighted by Crippen LogP contribution is 2.32. The van der Waals surface area contributed by atoms with Crippen molar-refractivity contribution in [3.05, 3.63) is 53.6 Å². The zero-order chi connectivity index (χ0) is 19.0. The standard InChI is InChI=1S/C18H19FN4O3S/c1-27(25)21-8-14-10-23(18(24)26-14)13-4-5-17(15(19)7-13)22-9-12-3-2-6-20-16(12)11-22/h2-7,14,21H,8-11H2,1H3. The van der Waals surface area contributed by atoms with E-state index < -0.39 is 29.0 Å². The number of carbonyl (C=O) groups excluding carboxylic acids is 1. The fourth-order valence-corrected chi connectivity index (χ4v) is 3.76. The van der Waals surface area contributed by atoms with E-state index in [1.54, 1.807) is 18.3 Å². The van der Waals surface area contributed by atoms with Gasteiger partial charge in [-0.25, -0.2) is 18.1 Å². The summed E-state index contributed by atoms with van der Waals surface area (Å²) in [7, 11) is -1.18. The average molecular weight is 390 g/mol. The van der Waals surface area contributed by atoms with Crippen LogP contribution in [0.2, 0.25) is 0 Å². The summed E-state index contributed by atoms with van der Waals surface area (Å²) in [6.07, 6.45) is 2.28. The van der Waals surface area contributed by atoms with Gasteiger partial charge in [-0.2, -0.15) is 0 Å². The van der Waals surface area contributed by atoms with Gasteiger partial charge < -0.3 is 9.64 Å². The number of aromatic nitrogens is 1. The van der Waals surface area contributed by atoms with Gasteiger partial charge in [-0.05, 0) is 29.8 Å². The van der Waals surface area contributed by atoms with Crippen LogP contribution in [0.25, 0.3) is 0 Å². The minimum atomic E-state index is -1.18. The van der Waals surface area contributed by atoms with Crippen LogP contribution in [-0.4, -0.2) is 40.7 Å². The zero-order valence-electron chi connectivity index (χ0n) is 14.7. The summed E-state index contributed by atoms with van der Waals surface area (Å²) in [4.78, 5) is 19.7. The highest BCUT2D eigenvalue weighted by atomic mass is 32.2. The van der Waals surface area contributed by atoms with Gasteiger partial charge in [0.2, 0.25) is 0 Å². The first-order valence-electron chi connectivity index (χ1n) is 8.53. The van der Waals surface area contributed by atoms with Crippen molar-refractivity contribution in [2.75, 3.05) is 29.1 Å². The number of nitrogens with zero attached hydrogens (tertiary/aromatic N) is 3. The van der Waals surface area contributed by atoms with Gasteiger partial charge in [-0.3, -0.25) is 9.88 Å². The second kappa shape index (κ2) is 7.24. The van der Waals surface area contributed by atoms with Crippen LogP contribution in [0.3, 0.4) is 0 Å². The first-order valence-corrected chi connectivity index (χ1v) is 10.1. The Morgan fingerprint density at radius 1 is 1.37 bits per heavy atom. The molecule has 2 aliphatic heterocycles. The number of halogens is 1. The molecule has 4 rings (SSSR count). The molecule has 142 valence electrons. The third kappa shape index (κ3) is 3.65. The number of nitrogens with one attached hydrogen (secondary N) is 1. The quantitative estimate of drug-likeness (QED) is 0.845. The minimum absolute atomic E-state index is 0.279. The zero-order valence-corrected chi connectivity index (χ0v) is 15.5. The molecule has 2 atom stereocenters. The van der Waals surface area contributed by atoms with E-state index in [0.29, 0.717) is 24.5 Å². The lowest BCUT2D eigenvalue weighted by Crippen LogP contribution is -2.31. The molecule has 7 nitrogen and oxygen atoms in total. The summed E-state index contributed by atoms with van der Waals surface area (Å²) in [5.41, 5.74) is 2.96. The van der Waals surface area contributed by atoms with Gasteiger partial charge in [-0.1, -0.05) is 6.07 Å². The molecule has 1 aromatic carbocycles. The topological polar surface area (TPSA) is 74.8 Å². The van der Waals surface area contributed by atoms with Crippen LogP contribution in [0.15, 0.2) is 36.5 Å². The molecule has 2 aromatic rings. The van der Waals surface area contributed by atoms with Crippen molar-refractivity contribution in [1.29, 1.82) is 0 Å². The number of hydrogen-bond acceptors (Lipinski definition) is 5. The molecule has 1 saturated heterocycles. The molecule has 0 bridgehead atoms. The van der Waals surface area contributed by atoms with E-state index in [2.05, 4.69) is 9.71 Å². The number of hydrogen-bond donors (Lipinski definition) is 1. The van der Waals surface area contributed by atoms with Gasteiger partial charge in [0.25, 0.3) is 0 Å². The van der Waals surface area contributed by atoms with E-state index in [4.69, 9.17) is 4.74 Å². The summed E-state index contributed by atoms with van der Waals surface area (Å²) in [6.45, 7) is 1.72. The lowest BCUT2D eigenvalue weighted by Gasteiger charge is -2.20. The van der Waals surface area contributed by atoms with Gasteiger partial charge in [0.15, 0.2) is 0 Å². The van der Waals surface area contributed by atoms with E-state index >= 15 is 0 Å². The van der Waals surface area contributed by atoms with Crippen LogP contribution in [0.1, 0.15) is 11.3 Å². The smallest absolute Gasteiger partial charge is 0.414 e. The summed E-state index contributed by atoms with van der Waals surface area (Å²) in [5, 5.41) is 0. The van der Waals surface area contributed by atoms with Crippen molar-refractivity contribution in [1.82, 2.24) is 9.71 Å². The first kappa shape index (κ1) is 17.9. The van der Waals surface area contributed by atoms with Crippen LogP contribution >= 0.6 is 0 Å². The van der Waals surface area contributed by atoms with E-state index in [1.165, 1.54) is 17.2 Å². The molecule has 2 unspecified atom stereocenters. The first-order chi connectivity index (χ1) is 13.0. The lowest BCUT2D eigenvalue weighted by molar-refractivity contribution is 0.143. The fraction of sp³-hybridized carbons (Fsp3) is 0.333.